The Morgan fingerprint density at radius 1 is 1.03 bits per heavy atom. The molecule has 0 aliphatic carbocycles. The number of carbonyl (C=O) groups is 1. The summed E-state index contributed by atoms with van der Waals surface area (Å²) in [7, 11) is 0. The Labute approximate surface area is 161 Å². The van der Waals surface area contributed by atoms with Gasteiger partial charge in [-0.25, -0.2) is 0 Å². The maximum Gasteiger partial charge on any atom is 0.416 e. The summed E-state index contributed by atoms with van der Waals surface area (Å²) in [4.78, 5) is 12.0. The van der Waals surface area contributed by atoms with Crippen molar-refractivity contribution in [1.82, 2.24) is 10.2 Å². The molecule has 148 valence electrons. The van der Waals surface area contributed by atoms with Gasteiger partial charge in [-0.1, -0.05) is 11.2 Å². The Kier molecular flexibility index (Phi) is 4.67. The molecule has 0 bridgehead atoms. The van der Waals surface area contributed by atoms with E-state index in [1.807, 2.05) is 0 Å². The molecule has 0 spiro atoms. The van der Waals surface area contributed by atoms with Gasteiger partial charge in [0.2, 0.25) is 12.7 Å². The predicted molar refractivity (Wildman–Crippen MR) is 95.0 cm³/mol. The van der Waals surface area contributed by atoms with E-state index in [0.717, 1.165) is 17.7 Å². The number of carbonyl (C=O) groups excluding carboxylic acids is 1. The lowest BCUT2D eigenvalue weighted by molar-refractivity contribution is -0.137. The second-order valence-electron chi connectivity index (χ2n) is 5.92. The van der Waals surface area contributed by atoms with E-state index in [2.05, 4.69) is 15.5 Å². The van der Waals surface area contributed by atoms with Crippen LogP contribution in [0.1, 0.15) is 11.1 Å². The van der Waals surface area contributed by atoms with Gasteiger partial charge in [0.1, 0.15) is 0 Å². The number of benzene rings is 2. The molecule has 0 radical (unpaired) electrons. The number of hydrogen-bond acceptors (Lipinski definition) is 6. The average Bonchev–Trinajstić information content (AvgIpc) is 3.34. The van der Waals surface area contributed by atoms with Crippen LogP contribution in [0.25, 0.3) is 17.5 Å². The van der Waals surface area contributed by atoms with Crippen molar-refractivity contribution in [1.29, 1.82) is 0 Å². The lowest BCUT2D eigenvalue weighted by Gasteiger charge is -2.05. The van der Waals surface area contributed by atoms with Crippen molar-refractivity contribution in [3.63, 3.8) is 0 Å². The molecular formula is C19H12F3N3O4. The van der Waals surface area contributed by atoms with Gasteiger partial charge in [-0.2, -0.15) is 13.2 Å². The number of alkyl halides is 3. The molecule has 10 heteroatoms. The van der Waals surface area contributed by atoms with Crippen LogP contribution in [0.4, 0.5) is 19.2 Å². The molecule has 0 saturated heterocycles. The molecule has 2 heterocycles. The Bertz CT molecular complexity index is 1080. The third-order valence-corrected chi connectivity index (χ3v) is 3.94. The first-order valence-corrected chi connectivity index (χ1v) is 8.28. The molecule has 7 nitrogen and oxygen atoms in total. The number of nitrogens with zero attached hydrogens (tertiary/aromatic N) is 2. The minimum Gasteiger partial charge on any atom is -0.454 e. The molecule has 29 heavy (non-hydrogen) atoms. The zero-order chi connectivity index (χ0) is 20.4. The lowest BCUT2D eigenvalue weighted by atomic mass is 10.1. The predicted octanol–water partition coefficient (Wildman–Crippen LogP) is 4.14. The molecule has 1 aromatic heterocycles. The van der Waals surface area contributed by atoms with Crippen molar-refractivity contribution in [3.05, 3.63) is 59.7 Å². The first-order valence-electron chi connectivity index (χ1n) is 8.28. The number of halogens is 3. The van der Waals surface area contributed by atoms with Crippen molar-refractivity contribution in [2.45, 2.75) is 6.18 Å². The Morgan fingerprint density at radius 2 is 1.79 bits per heavy atom. The van der Waals surface area contributed by atoms with Gasteiger partial charge in [0.05, 0.1) is 5.56 Å². The summed E-state index contributed by atoms with van der Waals surface area (Å²) in [5.74, 6) is 0.679. The minimum atomic E-state index is -4.43. The van der Waals surface area contributed by atoms with E-state index in [4.69, 9.17) is 13.9 Å². The molecule has 1 amide bonds. The summed E-state index contributed by atoms with van der Waals surface area (Å²) in [6, 6.07) is 9.27. The average molecular weight is 403 g/mol. The minimum absolute atomic E-state index is 0.0197. The quantitative estimate of drug-likeness (QED) is 0.659. The smallest absolute Gasteiger partial charge is 0.416 e. The number of ether oxygens (including phenoxy) is 2. The lowest BCUT2D eigenvalue weighted by Crippen LogP contribution is -2.07. The highest BCUT2D eigenvalue weighted by atomic mass is 19.4. The molecule has 4 rings (SSSR count). The fourth-order valence-corrected chi connectivity index (χ4v) is 2.53. The summed E-state index contributed by atoms with van der Waals surface area (Å²) < 4.78 is 53.6. The Balaban J connectivity index is 1.40. The van der Waals surface area contributed by atoms with Crippen LogP contribution in [0.3, 0.4) is 0 Å². The first-order chi connectivity index (χ1) is 13.9. The highest BCUT2D eigenvalue weighted by molar-refractivity contribution is 6.00. The molecule has 1 aliphatic rings. The van der Waals surface area contributed by atoms with E-state index in [1.54, 1.807) is 24.3 Å². The molecule has 0 fully saturated rings. The molecular weight excluding hydrogens is 391 g/mol. The maximum absolute atomic E-state index is 12.6. The highest BCUT2D eigenvalue weighted by Crippen LogP contribution is 2.33. The molecule has 0 unspecified atom stereocenters. The number of aromatic nitrogens is 2. The Morgan fingerprint density at radius 3 is 2.55 bits per heavy atom. The number of nitrogens with one attached hydrogen (secondary N) is 1. The van der Waals surface area contributed by atoms with Gasteiger partial charge < -0.3 is 13.9 Å². The van der Waals surface area contributed by atoms with Gasteiger partial charge in [-0.15, -0.1) is 5.10 Å². The number of amides is 1. The largest absolute Gasteiger partial charge is 0.454 e. The van der Waals surface area contributed by atoms with Crippen molar-refractivity contribution < 1.29 is 31.9 Å². The van der Waals surface area contributed by atoms with Crippen molar-refractivity contribution >= 4 is 18.0 Å². The molecule has 0 saturated carbocycles. The SMILES string of the molecule is O=C(/C=C/c1ccc2c(c1)OCO2)Nc1nnc(-c2ccc(C(F)(F)F)cc2)o1. The number of fused-ring (bicyclic) bond motifs is 1. The Hall–Kier alpha value is -3.82. The van der Waals surface area contributed by atoms with Crippen LogP contribution in [-0.2, 0) is 11.0 Å². The number of rotatable bonds is 4. The summed E-state index contributed by atoms with van der Waals surface area (Å²) in [6.45, 7) is 0.154. The van der Waals surface area contributed by atoms with Crippen LogP contribution in [0.2, 0.25) is 0 Å². The molecule has 2 aromatic carbocycles. The standard InChI is InChI=1S/C19H12F3N3O4/c20-19(21,22)13-5-3-12(4-6-13)17-24-25-18(29-17)23-16(26)8-2-11-1-7-14-15(9-11)28-10-27-14/h1-9H,10H2,(H,23,25,26)/b8-2+. The van der Waals surface area contributed by atoms with Crippen LogP contribution in [0.15, 0.2) is 53.0 Å². The molecule has 3 aromatic rings. The van der Waals surface area contributed by atoms with Crippen molar-refractivity contribution in [2.24, 2.45) is 0 Å². The van der Waals surface area contributed by atoms with Gasteiger partial charge in [-0.05, 0) is 48.0 Å². The normalized spacial score (nSPS) is 13.1. The molecule has 1 aliphatic heterocycles. The van der Waals surface area contributed by atoms with Gasteiger partial charge in [0, 0.05) is 11.6 Å². The van der Waals surface area contributed by atoms with Gasteiger partial charge in [0.15, 0.2) is 11.5 Å². The van der Waals surface area contributed by atoms with Crippen LogP contribution in [0.5, 0.6) is 11.5 Å². The fourth-order valence-electron chi connectivity index (χ4n) is 2.53. The summed E-state index contributed by atoms with van der Waals surface area (Å²) in [5, 5.41) is 9.77. The summed E-state index contributed by atoms with van der Waals surface area (Å²) in [5.41, 5.74) is 0.227. The molecule has 1 N–H and O–H groups in total. The zero-order valence-corrected chi connectivity index (χ0v) is 14.6. The van der Waals surface area contributed by atoms with Gasteiger partial charge in [0.25, 0.3) is 5.91 Å². The topological polar surface area (TPSA) is 86.5 Å². The number of anilines is 1. The van der Waals surface area contributed by atoms with Gasteiger partial charge in [-0.3, -0.25) is 10.1 Å². The zero-order valence-electron chi connectivity index (χ0n) is 14.6. The van der Waals surface area contributed by atoms with Crippen LogP contribution >= 0.6 is 0 Å². The summed E-state index contributed by atoms with van der Waals surface area (Å²) >= 11 is 0. The molecule has 0 atom stereocenters. The third-order valence-electron chi connectivity index (χ3n) is 3.94. The third kappa shape index (κ3) is 4.21. The second kappa shape index (κ2) is 7.30. The second-order valence-corrected chi connectivity index (χ2v) is 5.92. The number of hydrogen-bond donors (Lipinski definition) is 1. The fraction of sp³-hybridized carbons (Fsp3) is 0.105. The van der Waals surface area contributed by atoms with E-state index in [-0.39, 0.29) is 18.7 Å². The van der Waals surface area contributed by atoms with Crippen molar-refractivity contribution in [2.75, 3.05) is 12.1 Å². The summed E-state index contributed by atoms with van der Waals surface area (Å²) in [6.07, 6.45) is -1.61. The van der Waals surface area contributed by atoms with Crippen molar-refractivity contribution in [3.8, 4) is 23.0 Å². The highest BCUT2D eigenvalue weighted by Gasteiger charge is 2.30. The van der Waals surface area contributed by atoms with Crippen LogP contribution in [0, 0.1) is 0 Å². The first kappa shape index (κ1) is 18.5. The monoisotopic (exact) mass is 403 g/mol. The van der Waals surface area contributed by atoms with Crippen LogP contribution < -0.4 is 14.8 Å². The maximum atomic E-state index is 12.6. The van der Waals surface area contributed by atoms with E-state index in [0.29, 0.717) is 17.1 Å². The van der Waals surface area contributed by atoms with E-state index in [1.165, 1.54) is 18.2 Å². The van der Waals surface area contributed by atoms with Crippen LogP contribution in [-0.4, -0.2) is 22.9 Å². The van der Waals surface area contributed by atoms with E-state index >= 15 is 0 Å². The van der Waals surface area contributed by atoms with E-state index < -0.39 is 17.6 Å². The van der Waals surface area contributed by atoms with E-state index in [9.17, 15) is 18.0 Å². The van der Waals surface area contributed by atoms with Gasteiger partial charge >= 0.3 is 12.2 Å².